The summed E-state index contributed by atoms with van der Waals surface area (Å²) in [6, 6.07) is 10.0. The molecule has 3 heterocycles. The van der Waals surface area contributed by atoms with Crippen molar-refractivity contribution in [3.63, 3.8) is 0 Å². The van der Waals surface area contributed by atoms with Gasteiger partial charge in [0, 0.05) is 36.1 Å². The number of hydrogen-bond acceptors (Lipinski definition) is 4. The summed E-state index contributed by atoms with van der Waals surface area (Å²) in [5.74, 6) is 2.09. The molecule has 3 aliphatic rings. The van der Waals surface area contributed by atoms with E-state index in [1.807, 2.05) is 6.08 Å². The quantitative estimate of drug-likeness (QED) is 0.320. The number of anilines is 2. The van der Waals surface area contributed by atoms with Crippen molar-refractivity contribution in [2.24, 2.45) is 5.92 Å². The van der Waals surface area contributed by atoms with E-state index in [9.17, 15) is 0 Å². The topological polar surface area (TPSA) is 31.4 Å². The number of rotatable bonds is 11. The molecule has 1 aromatic heterocycles. The predicted octanol–water partition coefficient (Wildman–Crippen LogP) is 7.29. The molecule has 1 aliphatic carbocycles. The Balaban J connectivity index is 1.16. The molecule has 2 aliphatic heterocycles. The highest BCUT2D eigenvalue weighted by Crippen LogP contribution is 2.49. The largest absolute Gasteiger partial charge is 0.358 e. The second-order valence-electron chi connectivity index (χ2n) is 12.0. The highest BCUT2D eigenvalue weighted by Gasteiger charge is 2.44. The zero-order chi connectivity index (χ0) is 26.7. The van der Waals surface area contributed by atoms with Crippen LogP contribution < -0.4 is 10.2 Å². The summed E-state index contributed by atoms with van der Waals surface area (Å²) >= 11 is 0. The first-order valence-corrected chi connectivity index (χ1v) is 15.1. The number of aromatic nitrogens is 1. The van der Waals surface area contributed by atoms with Gasteiger partial charge in [0.05, 0.1) is 0 Å². The fraction of sp³-hybridized carbons (Fsp3) is 0.559. The molecule has 4 nitrogen and oxygen atoms in total. The van der Waals surface area contributed by atoms with Gasteiger partial charge in [0.2, 0.25) is 0 Å². The molecule has 0 bridgehead atoms. The zero-order valence-electron chi connectivity index (χ0n) is 24.1. The average molecular weight is 513 g/mol. The number of hydrogen-bond donors (Lipinski definition) is 1. The van der Waals surface area contributed by atoms with E-state index in [0.717, 1.165) is 64.1 Å². The van der Waals surface area contributed by atoms with E-state index in [-0.39, 0.29) is 5.41 Å². The molecule has 38 heavy (non-hydrogen) atoms. The van der Waals surface area contributed by atoms with Crippen LogP contribution in [0.5, 0.6) is 0 Å². The molecule has 5 rings (SSSR count). The van der Waals surface area contributed by atoms with Gasteiger partial charge < -0.3 is 15.1 Å². The van der Waals surface area contributed by atoms with Gasteiger partial charge in [-0.05, 0) is 112 Å². The smallest absolute Gasteiger partial charge is 0.131 e. The van der Waals surface area contributed by atoms with Crippen molar-refractivity contribution in [3.8, 4) is 0 Å². The van der Waals surface area contributed by atoms with E-state index in [2.05, 4.69) is 79.6 Å². The Hall–Kier alpha value is -2.59. The summed E-state index contributed by atoms with van der Waals surface area (Å²) in [4.78, 5) is 10.1. The zero-order valence-corrected chi connectivity index (χ0v) is 24.1. The summed E-state index contributed by atoms with van der Waals surface area (Å²) in [5, 5.41) is 3.61. The van der Waals surface area contributed by atoms with E-state index in [4.69, 9.17) is 4.98 Å². The van der Waals surface area contributed by atoms with E-state index < -0.39 is 0 Å². The van der Waals surface area contributed by atoms with Crippen molar-refractivity contribution >= 4 is 11.5 Å². The first-order chi connectivity index (χ1) is 18.5. The number of aryl methyl sites for hydroxylation is 3. The van der Waals surface area contributed by atoms with Crippen LogP contribution >= 0.6 is 0 Å². The second-order valence-corrected chi connectivity index (χ2v) is 12.0. The molecule has 0 radical (unpaired) electrons. The highest BCUT2D eigenvalue weighted by molar-refractivity contribution is 5.69. The maximum absolute atomic E-state index is 5.00. The molecule has 204 valence electrons. The van der Waals surface area contributed by atoms with Crippen LogP contribution in [0, 0.1) is 5.92 Å². The van der Waals surface area contributed by atoms with Crippen LogP contribution in [0.15, 0.2) is 55.4 Å². The Morgan fingerprint density at radius 2 is 1.92 bits per heavy atom. The highest BCUT2D eigenvalue weighted by atomic mass is 15.2. The fourth-order valence-corrected chi connectivity index (χ4v) is 6.97. The lowest BCUT2D eigenvalue weighted by atomic mass is 9.72. The Morgan fingerprint density at radius 1 is 1.13 bits per heavy atom. The molecule has 2 aromatic rings. The van der Waals surface area contributed by atoms with Gasteiger partial charge in [-0.3, -0.25) is 0 Å². The molecule has 2 fully saturated rings. The summed E-state index contributed by atoms with van der Waals surface area (Å²) in [6.07, 6.45) is 15.8. The first kappa shape index (κ1) is 27.0. The van der Waals surface area contributed by atoms with Crippen LogP contribution in [0.25, 0.3) is 0 Å². The number of pyridine rings is 1. The van der Waals surface area contributed by atoms with Gasteiger partial charge in [-0.2, -0.15) is 0 Å². The first-order valence-electron chi connectivity index (χ1n) is 15.1. The van der Waals surface area contributed by atoms with Crippen molar-refractivity contribution in [1.82, 2.24) is 9.88 Å². The standard InChI is InChI=1S/C34H48N4/c1-6-9-12-29-20-28(24-35-33(29)37(5)30-21-27(8-3)22-30)11-10-17-38-18-15-34(16-19-38)25(4)36-32-14-13-26(7-2)23-31(32)34/h6,13-14,20,23-24,27,30,36H,1,4,7-12,15-19,21-22H2,2-3,5H3. The van der Waals surface area contributed by atoms with Crippen LogP contribution in [0.3, 0.4) is 0 Å². The van der Waals surface area contributed by atoms with Gasteiger partial charge in [-0.25, -0.2) is 4.98 Å². The molecule has 0 unspecified atom stereocenters. The summed E-state index contributed by atoms with van der Waals surface area (Å²) in [7, 11) is 2.25. The maximum Gasteiger partial charge on any atom is 0.131 e. The van der Waals surface area contributed by atoms with Gasteiger partial charge >= 0.3 is 0 Å². The lowest BCUT2D eigenvalue weighted by molar-refractivity contribution is 0.179. The van der Waals surface area contributed by atoms with Crippen molar-refractivity contribution in [3.05, 3.63) is 77.6 Å². The number of piperidine rings is 1. The van der Waals surface area contributed by atoms with Gasteiger partial charge in [-0.15, -0.1) is 6.58 Å². The molecule has 1 N–H and O–H groups in total. The Bertz CT molecular complexity index is 1140. The molecule has 1 aromatic carbocycles. The number of likely N-dealkylation sites (tertiary alicyclic amines) is 1. The monoisotopic (exact) mass is 512 g/mol. The molecule has 1 spiro atoms. The van der Waals surface area contributed by atoms with E-state index in [1.54, 1.807) is 0 Å². The minimum atomic E-state index is 0.112. The summed E-state index contributed by atoms with van der Waals surface area (Å²) in [5.41, 5.74) is 8.27. The van der Waals surface area contributed by atoms with Crippen molar-refractivity contribution in [2.75, 3.05) is 36.9 Å². The molecular formula is C34H48N4. The number of allylic oxidation sites excluding steroid dienone is 2. The van der Waals surface area contributed by atoms with Gasteiger partial charge in [0.15, 0.2) is 0 Å². The minimum Gasteiger partial charge on any atom is -0.358 e. The van der Waals surface area contributed by atoms with Crippen LogP contribution in [-0.2, 0) is 24.7 Å². The van der Waals surface area contributed by atoms with Crippen LogP contribution in [0.2, 0.25) is 0 Å². The van der Waals surface area contributed by atoms with Gasteiger partial charge in [-0.1, -0.05) is 51.1 Å². The van der Waals surface area contributed by atoms with E-state index in [1.165, 1.54) is 65.1 Å². The summed E-state index contributed by atoms with van der Waals surface area (Å²) < 4.78 is 0. The molecule has 1 saturated heterocycles. The van der Waals surface area contributed by atoms with Crippen LogP contribution in [0.1, 0.15) is 81.0 Å². The van der Waals surface area contributed by atoms with Gasteiger partial charge in [0.25, 0.3) is 0 Å². The number of benzene rings is 1. The molecule has 0 atom stereocenters. The number of nitrogens with one attached hydrogen (secondary N) is 1. The predicted molar refractivity (Wildman–Crippen MR) is 162 cm³/mol. The van der Waals surface area contributed by atoms with Crippen LogP contribution in [0.4, 0.5) is 11.5 Å². The van der Waals surface area contributed by atoms with Crippen molar-refractivity contribution in [1.29, 1.82) is 0 Å². The number of fused-ring (bicyclic) bond motifs is 2. The third-order valence-corrected chi connectivity index (χ3v) is 9.81. The van der Waals surface area contributed by atoms with E-state index >= 15 is 0 Å². The average Bonchev–Trinajstić information content (AvgIpc) is 3.17. The SMILES string of the molecule is C=CCCc1cc(CCCN2CCC3(CC2)C(=C)Nc2ccc(CC)cc23)cnc1N(C)C1CC(CC)C1. The lowest BCUT2D eigenvalue weighted by Crippen LogP contribution is -2.43. The normalized spacial score (nSPS) is 22.1. The van der Waals surface area contributed by atoms with Crippen molar-refractivity contribution in [2.45, 2.75) is 89.5 Å². The fourth-order valence-electron chi connectivity index (χ4n) is 6.97. The Morgan fingerprint density at radius 3 is 2.63 bits per heavy atom. The minimum absolute atomic E-state index is 0.112. The number of nitrogens with zero attached hydrogens (tertiary/aromatic N) is 3. The Labute approximate surface area is 231 Å². The third-order valence-electron chi connectivity index (χ3n) is 9.81. The maximum atomic E-state index is 5.00. The molecule has 4 heteroatoms. The van der Waals surface area contributed by atoms with Crippen molar-refractivity contribution < 1.29 is 0 Å². The Kier molecular flexibility index (Phi) is 8.28. The third kappa shape index (κ3) is 5.30. The van der Waals surface area contributed by atoms with Crippen LogP contribution in [-0.4, -0.2) is 42.6 Å². The molecule has 1 saturated carbocycles. The molecular weight excluding hydrogens is 464 g/mol. The lowest BCUT2D eigenvalue weighted by Gasteiger charge is -2.42. The summed E-state index contributed by atoms with van der Waals surface area (Å²) in [6.45, 7) is 16.4. The second kappa shape index (κ2) is 11.7. The van der Waals surface area contributed by atoms with E-state index in [0.29, 0.717) is 6.04 Å². The molecule has 0 amide bonds. The van der Waals surface area contributed by atoms with Gasteiger partial charge in [0.1, 0.15) is 5.82 Å².